The van der Waals surface area contributed by atoms with Gasteiger partial charge in [0.2, 0.25) is 11.8 Å². The zero-order chi connectivity index (χ0) is 58.1. The lowest BCUT2D eigenvalue weighted by atomic mass is 9.83. The molecular formula is C78H72N2O4. The molecule has 6 nitrogen and oxygen atoms in total. The maximum absolute atomic E-state index is 6.70. The molecule has 0 saturated heterocycles. The Balaban J connectivity index is 1.19. The largest absolute Gasteiger partial charge is 0.494 e. The van der Waals surface area contributed by atoms with Gasteiger partial charge in [-0.25, -0.2) is 0 Å². The number of rotatable bonds is 26. The summed E-state index contributed by atoms with van der Waals surface area (Å²) in [6.07, 6.45) is 33.6. The second-order valence-corrected chi connectivity index (χ2v) is 20.9. The molecule has 0 radical (unpaired) electrons. The van der Waals surface area contributed by atoms with Gasteiger partial charge in [-0.1, -0.05) is 188 Å². The minimum Gasteiger partial charge on any atom is -0.494 e. The molecule has 9 aromatic rings. The number of terminal acetylenes is 1. The second kappa shape index (κ2) is 31.0. The van der Waals surface area contributed by atoms with Gasteiger partial charge in [-0.05, 0) is 188 Å². The highest BCUT2D eigenvalue weighted by Gasteiger charge is 2.22. The normalized spacial score (nSPS) is 10.9. The van der Waals surface area contributed by atoms with Crippen LogP contribution in [0, 0.1) is 59.9 Å². The first-order chi connectivity index (χ1) is 41.5. The molecule has 0 atom stereocenters. The SMILES string of the molecule is C#CC#CC#CC#CC#COc1ccc2c(-c3cccc4c(-c5cc(/C=C/C)c(OCCCCCCCC)cc5/C=C/C)cccc34)c3cc(OCCCCCCCCCC)ccc3c(-c3ccc(-c4nnc(-c5ccccc5)o4)cc3)c2c1. The number of hydrogen-bond acceptors (Lipinski definition) is 6. The molecule has 0 aliphatic rings. The van der Waals surface area contributed by atoms with Crippen LogP contribution in [0.1, 0.15) is 129 Å². The van der Waals surface area contributed by atoms with Gasteiger partial charge in [0.1, 0.15) is 23.4 Å². The summed E-state index contributed by atoms with van der Waals surface area (Å²) in [5.41, 5.74) is 10.3. The predicted octanol–water partition coefficient (Wildman–Crippen LogP) is 20.2. The molecule has 0 N–H and O–H groups in total. The van der Waals surface area contributed by atoms with Crippen LogP contribution in [0.4, 0.5) is 0 Å². The van der Waals surface area contributed by atoms with E-state index in [4.69, 9.17) is 25.1 Å². The van der Waals surface area contributed by atoms with E-state index in [1.807, 2.05) is 48.5 Å². The average molecular weight is 1100 g/mol. The monoisotopic (exact) mass is 1100 g/mol. The Hall–Kier alpha value is -9.64. The summed E-state index contributed by atoms with van der Waals surface area (Å²) in [6.45, 7) is 10.00. The zero-order valence-corrected chi connectivity index (χ0v) is 49.0. The van der Waals surface area contributed by atoms with Crippen molar-refractivity contribution in [2.75, 3.05) is 13.2 Å². The lowest BCUT2D eigenvalue weighted by Crippen LogP contribution is -2.00. The van der Waals surface area contributed by atoms with Crippen molar-refractivity contribution < 1.29 is 18.6 Å². The molecule has 9 rings (SSSR count). The molecule has 0 bridgehead atoms. The molecule has 0 fully saturated rings. The number of ether oxygens (including phenoxy) is 3. The maximum Gasteiger partial charge on any atom is 0.248 e. The van der Waals surface area contributed by atoms with Gasteiger partial charge in [0.25, 0.3) is 0 Å². The van der Waals surface area contributed by atoms with Crippen molar-refractivity contribution in [3.05, 3.63) is 163 Å². The van der Waals surface area contributed by atoms with Crippen LogP contribution in [0.2, 0.25) is 0 Å². The first kappa shape index (κ1) is 59.0. The molecule has 0 spiro atoms. The third-order valence-electron chi connectivity index (χ3n) is 15.0. The van der Waals surface area contributed by atoms with Crippen LogP contribution in [0.25, 0.3) is 101 Å². The summed E-state index contributed by atoms with van der Waals surface area (Å²) in [5, 5.41) is 15.2. The van der Waals surface area contributed by atoms with Crippen molar-refractivity contribution >= 4 is 44.5 Å². The molecular weight excluding hydrogens is 1030 g/mol. The van der Waals surface area contributed by atoms with Gasteiger partial charge in [0.15, 0.2) is 0 Å². The smallest absolute Gasteiger partial charge is 0.248 e. The molecule has 1 heterocycles. The molecule has 8 aromatic carbocycles. The Morgan fingerprint density at radius 3 is 1.63 bits per heavy atom. The number of aromatic nitrogens is 2. The molecule has 0 amide bonds. The van der Waals surface area contributed by atoms with Crippen LogP contribution < -0.4 is 14.2 Å². The molecule has 0 saturated carbocycles. The second-order valence-electron chi connectivity index (χ2n) is 20.9. The number of benzene rings is 8. The van der Waals surface area contributed by atoms with Crippen LogP contribution in [0.5, 0.6) is 17.2 Å². The summed E-state index contributed by atoms with van der Waals surface area (Å²) in [6, 6.07) is 48.8. The highest BCUT2D eigenvalue weighted by atomic mass is 16.5. The summed E-state index contributed by atoms with van der Waals surface area (Å²) >= 11 is 0. The van der Waals surface area contributed by atoms with Crippen molar-refractivity contribution in [2.24, 2.45) is 0 Å². The van der Waals surface area contributed by atoms with Gasteiger partial charge in [-0.2, -0.15) is 0 Å². The summed E-state index contributed by atoms with van der Waals surface area (Å²) in [5.74, 6) is 23.9. The number of unbranched alkanes of at least 4 members (excludes halogenated alkanes) is 12. The van der Waals surface area contributed by atoms with Gasteiger partial charge >= 0.3 is 0 Å². The Labute approximate surface area is 497 Å². The van der Waals surface area contributed by atoms with E-state index in [1.165, 1.54) is 70.6 Å². The maximum atomic E-state index is 6.70. The van der Waals surface area contributed by atoms with Crippen molar-refractivity contribution in [2.45, 2.75) is 118 Å². The number of nitrogens with zero attached hydrogens (tertiary/aromatic N) is 2. The first-order valence-electron chi connectivity index (χ1n) is 29.9. The third kappa shape index (κ3) is 15.1. The average Bonchev–Trinajstić information content (AvgIpc) is 1.38. The van der Waals surface area contributed by atoms with Gasteiger partial charge in [0, 0.05) is 40.4 Å². The van der Waals surface area contributed by atoms with E-state index in [0.29, 0.717) is 30.7 Å². The van der Waals surface area contributed by atoms with E-state index < -0.39 is 0 Å². The number of hydrogen-bond donors (Lipinski definition) is 0. The molecule has 0 aliphatic carbocycles. The zero-order valence-electron chi connectivity index (χ0n) is 49.0. The number of allylic oxidation sites excluding steroid dienone is 2. The van der Waals surface area contributed by atoms with E-state index in [2.05, 4.69) is 207 Å². The first-order valence-corrected chi connectivity index (χ1v) is 29.9. The highest BCUT2D eigenvalue weighted by Crippen LogP contribution is 2.48. The van der Waals surface area contributed by atoms with Crippen LogP contribution in [-0.4, -0.2) is 23.4 Å². The minimum atomic E-state index is 0.437. The number of fused-ring (bicyclic) bond motifs is 3. The Bertz CT molecular complexity index is 4090. The fourth-order valence-electron chi connectivity index (χ4n) is 10.9. The molecule has 84 heavy (non-hydrogen) atoms. The summed E-state index contributed by atoms with van der Waals surface area (Å²) < 4.78 is 25.7. The van der Waals surface area contributed by atoms with E-state index in [1.54, 1.807) is 0 Å². The Kier molecular flexibility index (Phi) is 21.8. The minimum absolute atomic E-state index is 0.437. The van der Waals surface area contributed by atoms with Crippen molar-refractivity contribution in [3.8, 4) is 133 Å². The predicted molar refractivity (Wildman–Crippen MR) is 351 cm³/mol. The fourth-order valence-corrected chi connectivity index (χ4v) is 10.9. The Morgan fingerprint density at radius 2 is 0.964 bits per heavy atom. The lowest BCUT2D eigenvalue weighted by Gasteiger charge is -2.21. The summed E-state index contributed by atoms with van der Waals surface area (Å²) in [4.78, 5) is 0. The van der Waals surface area contributed by atoms with Crippen LogP contribution in [0.15, 0.2) is 156 Å². The third-order valence-corrected chi connectivity index (χ3v) is 15.0. The molecule has 1 aromatic heterocycles. The molecule has 418 valence electrons. The van der Waals surface area contributed by atoms with Crippen molar-refractivity contribution in [1.29, 1.82) is 0 Å². The van der Waals surface area contributed by atoms with Crippen molar-refractivity contribution in [1.82, 2.24) is 10.2 Å². The van der Waals surface area contributed by atoms with Gasteiger partial charge in [-0.15, -0.1) is 16.6 Å². The fraction of sp³-hybridized carbons (Fsp3) is 0.256. The van der Waals surface area contributed by atoms with E-state index >= 15 is 0 Å². The van der Waals surface area contributed by atoms with E-state index in [0.717, 1.165) is 119 Å². The molecule has 6 heteroatoms. The summed E-state index contributed by atoms with van der Waals surface area (Å²) in [7, 11) is 0. The lowest BCUT2D eigenvalue weighted by molar-refractivity contribution is 0.304. The van der Waals surface area contributed by atoms with Crippen LogP contribution in [-0.2, 0) is 0 Å². The van der Waals surface area contributed by atoms with Gasteiger partial charge in [0.05, 0.1) is 13.2 Å². The molecule has 0 aliphatic heterocycles. The quantitative estimate of drug-likeness (QED) is 0.0306. The van der Waals surface area contributed by atoms with Gasteiger partial charge in [-0.3, -0.25) is 0 Å². The topological polar surface area (TPSA) is 66.6 Å². The van der Waals surface area contributed by atoms with E-state index in [-0.39, 0.29) is 0 Å². The molecule has 0 unspecified atom stereocenters. The van der Waals surface area contributed by atoms with Crippen LogP contribution >= 0.6 is 0 Å². The van der Waals surface area contributed by atoms with Crippen molar-refractivity contribution in [3.63, 3.8) is 0 Å². The van der Waals surface area contributed by atoms with Crippen LogP contribution in [0.3, 0.4) is 0 Å². The Morgan fingerprint density at radius 1 is 0.429 bits per heavy atom. The van der Waals surface area contributed by atoms with Gasteiger partial charge < -0.3 is 18.6 Å². The van der Waals surface area contributed by atoms with E-state index in [9.17, 15) is 0 Å². The standard InChI is InChI=1S/C78H72N2O4/c1-6-11-14-17-20-22-25-30-51-81-63-48-50-70-72(56-63)75(58-43-45-60(46-44-58)78-80-79-77(84-78)59-37-28-27-29-38-59)69-49-47-64(82-52-31-26-23-21-18-15-12-7-2)57-73(69)76(70)68-42-34-39-65-66(68)40-33-41-67(65)71-54-62(36-10-5)74(55-61(71)35-9-4)83-53-32-24-19-16-13-8-3/h1,9-10,27-29,33-50,54-57H,7-8,12-13,15-16,18-19,21,23-24,26,31-32,52-53H2,2-5H3/b35-9+,36-10+. The highest BCUT2D eigenvalue weighted by molar-refractivity contribution is 6.24.